The molecule has 0 unspecified atom stereocenters. The van der Waals surface area contributed by atoms with Crippen LogP contribution in [0, 0.1) is 0 Å². The van der Waals surface area contributed by atoms with Crippen molar-refractivity contribution in [2.75, 3.05) is 4.90 Å². The van der Waals surface area contributed by atoms with E-state index in [-0.39, 0.29) is 0 Å². The Morgan fingerprint density at radius 3 is 1.33 bits per heavy atom. The quantitative estimate of drug-likeness (QED) is 0.168. The van der Waals surface area contributed by atoms with Crippen molar-refractivity contribution in [3.63, 3.8) is 0 Å². The summed E-state index contributed by atoms with van der Waals surface area (Å²) in [5.41, 5.74) is 11.3. The molecule has 1 nitrogen and oxygen atoms in total. The predicted octanol–water partition coefficient (Wildman–Crippen LogP) is 11.1. The maximum absolute atomic E-state index is 2.41. The van der Waals surface area contributed by atoms with Crippen molar-refractivity contribution < 1.29 is 0 Å². The van der Waals surface area contributed by atoms with E-state index < -0.39 is 0 Å². The van der Waals surface area contributed by atoms with E-state index in [9.17, 15) is 0 Å². The van der Waals surface area contributed by atoms with Gasteiger partial charge in [0, 0.05) is 17.1 Å². The number of anilines is 3. The van der Waals surface area contributed by atoms with Crippen molar-refractivity contribution in [2.45, 2.75) is 19.3 Å². The molecule has 1 heteroatoms. The molecule has 0 aromatic heterocycles. The molecule has 0 fully saturated rings. The highest BCUT2D eigenvalue weighted by molar-refractivity contribution is 5.80. The molecule has 0 N–H and O–H groups in total. The molecule has 0 amide bonds. The average Bonchev–Trinajstić information content (AvgIpc) is 3.54. The Labute approximate surface area is 250 Å². The monoisotopic (exact) mass is 541 g/mol. The van der Waals surface area contributed by atoms with Crippen molar-refractivity contribution in [3.8, 4) is 0 Å². The van der Waals surface area contributed by atoms with Crippen molar-refractivity contribution >= 4 is 41.4 Å². The van der Waals surface area contributed by atoms with E-state index in [1.165, 1.54) is 56.9 Å². The fourth-order valence-electron chi connectivity index (χ4n) is 5.50. The topological polar surface area (TPSA) is 3.24 Å². The van der Waals surface area contributed by atoms with Gasteiger partial charge in [-0.2, -0.15) is 0 Å². The average molecular weight is 542 g/mol. The van der Waals surface area contributed by atoms with Gasteiger partial charge in [-0.25, -0.2) is 0 Å². The molecule has 0 atom stereocenters. The third kappa shape index (κ3) is 6.77. The van der Waals surface area contributed by atoms with Gasteiger partial charge in [0.25, 0.3) is 0 Å². The van der Waals surface area contributed by atoms with Gasteiger partial charge in [0.2, 0.25) is 0 Å². The summed E-state index contributed by atoms with van der Waals surface area (Å²) in [6.07, 6.45) is 20.5. The van der Waals surface area contributed by atoms with E-state index >= 15 is 0 Å². The van der Waals surface area contributed by atoms with Gasteiger partial charge in [-0.3, -0.25) is 0 Å². The van der Waals surface area contributed by atoms with Crippen LogP contribution in [0.2, 0.25) is 0 Å². The molecule has 6 rings (SSSR count). The fourth-order valence-corrected chi connectivity index (χ4v) is 5.50. The van der Waals surface area contributed by atoms with Crippen molar-refractivity contribution in [1.29, 1.82) is 0 Å². The van der Waals surface area contributed by atoms with Gasteiger partial charge in [-0.15, -0.1) is 0 Å². The Balaban J connectivity index is 1.24. The van der Waals surface area contributed by atoms with Gasteiger partial charge in [0.05, 0.1) is 0 Å². The third-order valence-electron chi connectivity index (χ3n) is 7.64. The molecule has 0 radical (unpaired) electrons. The van der Waals surface area contributed by atoms with Crippen LogP contribution in [0.1, 0.15) is 39.8 Å². The first-order valence-corrected chi connectivity index (χ1v) is 14.7. The molecule has 5 aromatic rings. The number of nitrogens with zero attached hydrogens (tertiary/aromatic N) is 1. The van der Waals surface area contributed by atoms with Crippen LogP contribution in [-0.4, -0.2) is 0 Å². The van der Waals surface area contributed by atoms with Gasteiger partial charge in [-0.1, -0.05) is 146 Å². The van der Waals surface area contributed by atoms with Crippen molar-refractivity contribution in [1.82, 2.24) is 0 Å². The summed E-state index contributed by atoms with van der Waals surface area (Å²) in [5, 5.41) is 0. The highest BCUT2D eigenvalue weighted by Crippen LogP contribution is 2.40. The van der Waals surface area contributed by atoms with Crippen LogP contribution in [0.5, 0.6) is 0 Å². The molecular formula is C41H35N. The first-order valence-electron chi connectivity index (χ1n) is 14.7. The maximum atomic E-state index is 2.41. The maximum Gasteiger partial charge on any atom is 0.0496 e. The predicted molar refractivity (Wildman–Crippen MR) is 182 cm³/mol. The molecule has 42 heavy (non-hydrogen) atoms. The van der Waals surface area contributed by atoms with Crippen molar-refractivity contribution in [3.05, 3.63) is 185 Å². The molecule has 5 aromatic carbocycles. The van der Waals surface area contributed by atoms with Gasteiger partial charge in [0.15, 0.2) is 0 Å². The van der Waals surface area contributed by atoms with Crippen LogP contribution in [0.25, 0.3) is 24.3 Å². The second-order valence-corrected chi connectivity index (χ2v) is 10.5. The summed E-state index contributed by atoms with van der Waals surface area (Å²) in [6, 6.07) is 45.3. The number of allylic oxidation sites excluding steroid dienone is 4. The molecule has 1 aliphatic rings. The highest BCUT2D eigenvalue weighted by Gasteiger charge is 2.20. The molecule has 204 valence electrons. The van der Waals surface area contributed by atoms with Gasteiger partial charge in [-0.05, 0) is 83.0 Å². The Bertz CT molecular complexity index is 1600. The third-order valence-corrected chi connectivity index (χ3v) is 7.64. The summed E-state index contributed by atoms with van der Waals surface area (Å²) in [6.45, 7) is 0. The normalized spacial score (nSPS) is 13.0. The fraction of sp³-hybridized carbons (Fsp3) is 0.0732. The molecule has 0 spiro atoms. The number of hydrogen-bond acceptors (Lipinski definition) is 1. The summed E-state index contributed by atoms with van der Waals surface area (Å²) < 4.78 is 0. The van der Waals surface area contributed by atoms with Crippen LogP contribution in [0.15, 0.2) is 152 Å². The lowest BCUT2D eigenvalue weighted by Crippen LogP contribution is -2.12. The molecule has 0 bridgehead atoms. The standard InChI is InChI=1S/C41H35N/c1-3-13-33(14-4-1)17-7-9-19-35-25-29-38(30-26-35)42(41-24-12-22-37-21-11-23-40(37)41)39-31-27-36(28-32-39)20-10-8-18-34-15-5-2-6-16-34/h1-10,12-20,22,24-32H,11,21,23H2. The van der Waals surface area contributed by atoms with E-state index in [0.29, 0.717) is 0 Å². The van der Waals surface area contributed by atoms with Crippen LogP contribution >= 0.6 is 0 Å². The minimum absolute atomic E-state index is 1.13. The Kier molecular flexibility index (Phi) is 8.68. The lowest BCUT2D eigenvalue weighted by atomic mass is 10.0. The largest absolute Gasteiger partial charge is 0.310 e. The molecule has 0 saturated heterocycles. The number of rotatable bonds is 9. The van der Waals surface area contributed by atoms with E-state index in [2.05, 4.69) is 169 Å². The summed E-state index contributed by atoms with van der Waals surface area (Å²) in [5.74, 6) is 0. The number of aryl methyl sites for hydroxylation is 1. The SMILES string of the molecule is C(C=Cc1ccc(N(c2ccc(C=CC=Cc3ccccc3)cc2)c2cccc3c2CCC3)cc1)=Cc1ccccc1. The van der Waals surface area contributed by atoms with Gasteiger partial charge >= 0.3 is 0 Å². The lowest BCUT2D eigenvalue weighted by molar-refractivity contribution is 0.911. The number of benzene rings is 5. The second kappa shape index (κ2) is 13.5. The lowest BCUT2D eigenvalue weighted by Gasteiger charge is -2.28. The molecular weight excluding hydrogens is 506 g/mol. The van der Waals surface area contributed by atoms with E-state index in [0.717, 1.165) is 12.8 Å². The Morgan fingerprint density at radius 1 is 0.405 bits per heavy atom. The minimum atomic E-state index is 1.13. The zero-order chi connectivity index (χ0) is 28.4. The Morgan fingerprint density at radius 2 is 0.857 bits per heavy atom. The minimum Gasteiger partial charge on any atom is -0.310 e. The Hall–Kier alpha value is -5.14. The van der Waals surface area contributed by atoms with Gasteiger partial charge in [0.1, 0.15) is 0 Å². The number of hydrogen-bond donors (Lipinski definition) is 0. The zero-order valence-electron chi connectivity index (χ0n) is 23.8. The van der Waals surface area contributed by atoms with Crippen LogP contribution in [0.3, 0.4) is 0 Å². The second-order valence-electron chi connectivity index (χ2n) is 10.5. The van der Waals surface area contributed by atoms with Gasteiger partial charge < -0.3 is 4.90 Å². The summed E-state index contributed by atoms with van der Waals surface area (Å²) >= 11 is 0. The summed E-state index contributed by atoms with van der Waals surface area (Å²) in [7, 11) is 0. The van der Waals surface area contributed by atoms with E-state index in [1.54, 1.807) is 0 Å². The zero-order valence-corrected chi connectivity index (χ0v) is 23.8. The first kappa shape index (κ1) is 27.1. The molecule has 1 aliphatic carbocycles. The smallest absolute Gasteiger partial charge is 0.0496 e. The highest BCUT2D eigenvalue weighted by atomic mass is 15.1. The molecule has 0 heterocycles. The van der Waals surface area contributed by atoms with E-state index in [1.807, 2.05) is 12.1 Å². The van der Waals surface area contributed by atoms with Crippen molar-refractivity contribution in [2.24, 2.45) is 0 Å². The summed E-state index contributed by atoms with van der Waals surface area (Å²) in [4.78, 5) is 2.41. The molecule has 0 aliphatic heterocycles. The van der Waals surface area contributed by atoms with Crippen LogP contribution in [0.4, 0.5) is 17.1 Å². The van der Waals surface area contributed by atoms with Crippen LogP contribution < -0.4 is 4.90 Å². The first-order chi connectivity index (χ1) is 20.8. The van der Waals surface area contributed by atoms with Crippen LogP contribution in [-0.2, 0) is 12.8 Å². The molecule has 0 saturated carbocycles. The number of fused-ring (bicyclic) bond motifs is 1. The van der Waals surface area contributed by atoms with E-state index in [4.69, 9.17) is 0 Å².